The van der Waals surface area contributed by atoms with Gasteiger partial charge >= 0.3 is 0 Å². The molecule has 1 unspecified atom stereocenters. The van der Waals surface area contributed by atoms with Crippen molar-refractivity contribution in [3.63, 3.8) is 0 Å². The van der Waals surface area contributed by atoms with Crippen LogP contribution in [0.4, 0.5) is 0 Å². The van der Waals surface area contributed by atoms with E-state index in [-0.39, 0.29) is 23.1 Å². The highest BCUT2D eigenvalue weighted by Gasteiger charge is 2.35. The maximum Gasteiger partial charge on any atom is 0.230 e. The number of rotatable bonds is 30. The van der Waals surface area contributed by atoms with E-state index in [1.165, 1.54) is 0 Å². The molecule has 1 rings (SSSR count). The van der Waals surface area contributed by atoms with Crippen molar-refractivity contribution in [2.24, 2.45) is 17.3 Å². The number of nitrogens with zero attached hydrogens (tertiary/aromatic N) is 1. The molecule has 0 saturated carbocycles. The molecule has 1 aliphatic heterocycles. The molecule has 0 aromatic rings. The van der Waals surface area contributed by atoms with E-state index in [1.807, 2.05) is 0 Å². The zero-order chi connectivity index (χ0) is 33.2. The lowest BCUT2D eigenvalue weighted by atomic mass is 9.92. The zero-order valence-corrected chi connectivity index (χ0v) is 28.7. The Morgan fingerprint density at radius 3 is 1.47 bits per heavy atom. The first-order valence-electron chi connectivity index (χ1n) is 16.5. The van der Waals surface area contributed by atoms with Crippen LogP contribution in [0.25, 0.3) is 0 Å². The first kappa shape index (κ1) is 41.4. The van der Waals surface area contributed by atoms with E-state index in [2.05, 4.69) is 46.5 Å². The molecule has 0 radical (unpaired) electrons. The Morgan fingerprint density at radius 1 is 0.733 bits per heavy atom. The van der Waals surface area contributed by atoms with Crippen LogP contribution in [0.2, 0.25) is 0 Å². The first-order chi connectivity index (χ1) is 21.6. The summed E-state index contributed by atoms with van der Waals surface area (Å²) in [6.45, 7) is 23.5. The molecule has 1 fully saturated rings. The molecule has 0 aromatic carbocycles. The molecular weight excluding hydrogens is 584 g/mol. The number of nitrogens with one attached hydrogen (secondary N) is 1. The monoisotopic (exact) mass is 646 g/mol. The van der Waals surface area contributed by atoms with Gasteiger partial charge in [0.2, 0.25) is 11.8 Å². The standard InChI is InChI=1S/C33H62N2O10/c1-28(2)30-27-29(3)35(32(30)37)10-12-39-14-16-41-18-20-43-22-24-45-26-25-44-23-21-42-19-17-40-15-13-38-11-7-31(36)34-9-8-33(4,5)6/h28,30H,3,7-27H2,1-2,4-6H3,(H,34,36). The Bertz CT molecular complexity index is 775. The highest BCUT2D eigenvalue weighted by molar-refractivity contribution is 5.84. The van der Waals surface area contributed by atoms with Crippen LogP contribution in [0.1, 0.15) is 53.9 Å². The molecule has 0 bridgehead atoms. The molecule has 1 atom stereocenters. The van der Waals surface area contributed by atoms with E-state index in [0.29, 0.717) is 131 Å². The van der Waals surface area contributed by atoms with Crippen LogP contribution in [0, 0.1) is 17.3 Å². The van der Waals surface area contributed by atoms with Gasteiger partial charge in [-0.15, -0.1) is 0 Å². The summed E-state index contributed by atoms with van der Waals surface area (Å²) in [6.07, 6.45) is 2.06. The Kier molecular flexibility index (Phi) is 24.3. The Morgan fingerprint density at radius 2 is 1.11 bits per heavy atom. The van der Waals surface area contributed by atoms with Crippen molar-refractivity contribution in [1.29, 1.82) is 0 Å². The Balaban J connectivity index is 1.71. The van der Waals surface area contributed by atoms with E-state index in [1.54, 1.807) is 4.90 Å². The third-order valence-electron chi connectivity index (χ3n) is 6.96. The summed E-state index contributed by atoms with van der Waals surface area (Å²) in [7, 11) is 0. The minimum absolute atomic E-state index is 0.0183. The molecule has 45 heavy (non-hydrogen) atoms. The van der Waals surface area contributed by atoms with E-state index < -0.39 is 0 Å². The number of allylic oxidation sites excluding steroid dienone is 1. The van der Waals surface area contributed by atoms with Crippen LogP contribution in [-0.2, 0) is 47.5 Å². The molecule has 2 amide bonds. The zero-order valence-electron chi connectivity index (χ0n) is 28.7. The summed E-state index contributed by atoms with van der Waals surface area (Å²) in [5.74, 6) is 0.548. The largest absolute Gasteiger partial charge is 0.379 e. The fraction of sp³-hybridized carbons (Fsp3) is 0.879. The summed E-state index contributed by atoms with van der Waals surface area (Å²) in [5.41, 5.74) is 1.10. The van der Waals surface area contributed by atoms with Crippen LogP contribution in [0.5, 0.6) is 0 Å². The fourth-order valence-electron chi connectivity index (χ4n) is 4.22. The van der Waals surface area contributed by atoms with Gasteiger partial charge in [-0.25, -0.2) is 0 Å². The average Bonchev–Trinajstić information content (AvgIpc) is 3.27. The normalized spacial score (nSPS) is 15.5. The van der Waals surface area contributed by atoms with Crippen molar-refractivity contribution in [3.05, 3.63) is 12.3 Å². The average molecular weight is 647 g/mol. The molecule has 1 saturated heterocycles. The predicted molar refractivity (Wildman–Crippen MR) is 172 cm³/mol. The SMILES string of the molecule is C=C1CC(C(C)C)C(=O)N1CCOCCOCCOCCOCCOCCOCCOCCOCCC(=O)NCCC(C)(C)C. The molecule has 0 spiro atoms. The summed E-state index contributed by atoms with van der Waals surface area (Å²) in [5, 5.41) is 2.91. The lowest BCUT2D eigenvalue weighted by Gasteiger charge is -2.18. The van der Waals surface area contributed by atoms with Crippen LogP contribution >= 0.6 is 0 Å². The third-order valence-corrected chi connectivity index (χ3v) is 6.96. The van der Waals surface area contributed by atoms with Crippen molar-refractivity contribution < 1.29 is 47.5 Å². The first-order valence-corrected chi connectivity index (χ1v) is 16.5. The van der Waals surface area contributed by atoms with Crippen LogP contribution in [0.15, 0.2) is 12.3 Å². The van der Waals surface area contributed by atoms with Crippen LogP contribution in [0.3, 0.4) is 0 Å². The van der Waals surface area contributed by atoms with E-state index >= 15 is 0 Å². The Hall–Kier alpha value is -1.64. The van der Waals surface area contributed by atoms with Gasteiger partial charge < -0.3 is 48.1 Å². The number of amides is 2. The molecule has 0 aliphatic carbocycles. The van der Waals surface area contributed by atoms with Crippen molar-refractivity contribution in [2.75, 3.05) is 119 Å². The molecular formula is C33H62N2O10. The van der Waals surface area contributed by atoms with Gasteiger partial charge in [0.25, 0.3) is 0 Å². The minimum Gasteiger partial charge on any atom is -0.379 e. The molecule has 264 valence electrons. The molecule has 12 nitrogen and oxygen atoms in total. The number of hydrogen-bond donors (Lipinski definition) is 1. The minimum atomic E-state index is 0.0183. The second-order valence-corrected chi connectivity index (χ2v) is 12.4. The molecule has 0 aromatic heterocycles. The van der Waals surface area contributed by atoms with Gasteiger partial charge in [0.05, 0.1) is 106 Å². The summed E-state index contributed by atoms with van der Waals surface area (Å²) >= 11 is 0. The fourth-order valence-corrected chi connectivity index (χ4v) is 4.22. The van der Waals surface area contributed by atoms with E-state index in [9.17, 15) is 9.59 Å². The quantitative estimate of drug-likeness (QED) is 0.117. The maximum absolute atomic E-state index is 12.4. The topological polar surface area (TPSA) is 123 Å². The number of carbonyl (C=O) groups excluding carboxylic acids is 2. The Labute approximate surface area is 271 Å². The number of hydrogen-bond acceptors (Lipinski definition) is 10. The second kappa shape index (κ2) is 26.4. The van der Waals surface area contributed by atoms with Gasteiger partial charge in [-0.2, -0.15) is 0 Å². The van der Waals surface area contributed by atoms with Gasteiger partial charge in [0.1, 0.15) is 0 Å². The highest BCUT2D eigenvalue weighted by atomic mass is 16.6. The molecule has 1 aliphatic rings. The lowest BCUT2D eigenvalue weighted by molar-refractivity contribution is -0.131. The smallest absolute Gasteiger partial charge is 0.230 e. The van der Waals surface area contributed by atoms with Gasteiger partial charge in [-0.1, -0.05) is 41.2 Å². The van der Waals surface area contributed by atoms with E-state index in [0.717, 1.165) is 18.5 Å². The van der Waals surface area contributed by atoms with Crippen molar-refractivity contribution >= 4 is 11.8 Å². The van der Waals surface area contributed by atoms with Gasteiger partial charge in [-0.3, -0.25) is 9.59 Å². The lowest BCUT2D eigenvalue weighted by Crippen LogP contribution is -2.31. The molecule has 1 heterocycles. The second-order valence-electron chi connectivity index (χ2n) is 12.4. The summed E-state index contributed by atoms with van der Waals surface area (Å²) in [4.78, 5) is 25.9. The summed E-state index contributed by atoms with van der Waals surface area (Å²) in [6, 6.07) is 0. The number of likely N-dealkylation sites (tertiary alicyclic amines) is 1. The number of ether oxygens (including phenoxy) is 8. The predicted octanol–water partition coefficient (Wildman–Crippen LogP) is 3.08. The summed E-state index contributed by atoms with van der Waals surface area (Å²) < 4.78 is 43.9. The van der Waals surface area contributed by atoms with Crippen molar-refractivity contribution in [1.82, 2.24) is 10.2 Å². The maximum atomic E-state index is 12.4. The van der Waals surface area contributed by atoms with Crippen LogP contribution in [-0.4, -0.2) is 136 Å². The van der Waals surface area contributed by atoms with Crippen LogP contribution < -0.4 is 5.32 Å². The van der Waals surface area contributed by atoms with Crippen molar-refractivity contribution in [3.8, 4) is 0 Å². The highest BCUT2D eigenvalue weighted by Crippen LogP contribution is 2.31. The molecule has 12 heteroatoms. The van der Waals surface area contributed by atoms with Gasteiger partial charge in [-0.05, 0) is 24.2 Å². The molecule has 1 N–H and O–H groups in total. The van der Waals surface area contributed by atoms with E-state index in [4.69, 9.17) is 37.9 Å². The third kappa shape index (κ3) is 23.4. The van der Waals surface area contributed by atoms with Crippen molar-refractivity contribution in [2.45, 2.75) is 53.9 Å². The number of carbonyl (C=O) groups is 2. The van der Waals surface area contributed by atoms with Gasteiger partial charge in [0.15, 0.2) is 0 Å². The van der Waals surface area contributed by atoms with Gasteiger partial charge in [0, 0.05) is 31.1 Å².